The van der Waals surface area contributed by atoms with E-state index in [4.69, 9.17) is 4.42 Å². The molecule has 1 aromatic heterocycles. The van der Waals surface area contributed by atoms with Crippen LogP contribution in [0.5, 0.6) is 0 Å². The number of carbonyl (C=O) groups excluding carboxylic acids is 2. The zero-order valence-corrected chi connectivity index (χ0v) is 16.9. The Labute approximate surface area is 172 Å². The van der Waals surface area contributed by atoms with E-state index in [0.29, 0.717) is 22.5 Å². The Bertz CT molecular complexity index is 1050. The van der Waals surface area contributed by atoms with E-state index in [-0.39, 0.29) is 30.0 Å². The van der Waals surface area contributed by atoms with Crippen molar-refractivity contribution in [1.29, 1.82) is 0 Å². The van der Waals surface area contributed by atoms with Gasteiger partial charge in [0.2, 0.25) is 17.7 Å². The summed E-state index contributed by atoms with van der Waals surface area (Å²) in [5.74, 6) is 0.319. The van der Waals surface area contributed by atoms with Gasteiger partial charge in [0.15, 0.2) is 0 Å². The molecular formula is C21H20N4O3S. The second kappa shape index (κ2) is 8.08. The monoisotopic (exact) mass is 408 g/mol. The Morgan fingerprint density at radius 1 is 1.21 bits per heavy atom. The first-order valence-corrected chi connectivity index (χ1v) is 10.2. The van der Waals surface area contributed by atoms with E-state index in [2.05, 4.69) is 15.5 Å². The fourth-order valence-electron chi connectivity index (χ4n) is 3.24. The molecule has 3 aromatic rings. The summed E-state index contributed by atoms with van der Waals surface area (Å²) in [6, 6.07) is 14.8. The van der Waals surface area contributed by atoms with Crippen molar-refractivity contribution in [2.45, 2.75) is 31.5 Å². The van der Waals surface area contributed by atoms with Gasteiger partial charge in [-0.3, -0.25) is 9.59 Å². The number of aryl methyl sites for hydroxylation is 1. The third-order valence-corrected chi connectivity index (χ3v) is 5.46. The lowest BCUT2D eigenvalue weighted by Crippen LogP contribution is -2.40. The molecule has 0 bridgehead atoms. The van der Waals surface area contributed by atoms with Gasteiger partial charge in [0.05, 0.1) is 17.1 Å². The van der Waals surface area contributed by atoms with Crippen molar-refractivity contribution in [2.24, 2.45) is 0 Å². The number of benzene rings is 2. The van der Waals surface area contributed by atoms with Gasteiger partial charge in [0, 0.05) is 18.0 Å². The van der Waals surface area contributed by atoms with Crippen LogP contribution in [0.2, 0.25) is 0 Å². The molecule has 2 amide bonds. The Morgan fingerprint density at radius 3 is 2.76 bits per heavy atom. The first-order chi connectivity index (χ1) is 14.0. The predicted molar refractivity (Wildman–Crippen MR) is 112 cm³/mol. The number of hydrogen-bond acceptors (Lipinski definition) is 6. The number of carbonyl (C=O) groups is 2. The van der Waals surface area contributed by atoms with Crippen LogP contribution in [0.15, 0.2) is 58.2 Å². The SMILES string of the molecule is Cc1ccc(-c2nnc(SCC(=O)N3c4ccccc4NC(=O)CC3C)o2)cc1. The van der Waals surface area contributed by atoms with Crippen molar-refractivity contribution in [2.75, 3.05) is 16.0 Å². The number of thioether (sulfide) groups is 1. The summed E-state index contributed by atoms with van der Waals surface area (Å²) in [4.78, 5) is 26.7. The Morgan fingerprint density at radius 2 is 1.97 bits per heavy atom. The van der Waals surface area contributed by atoms with Crippen molar-refractivity contribution in [3.8, 4) is 11.5 Å². The minimum Gasteiger partial charge on any atom is -0.411 e. The molecule has 7 nitrogen and oxygen atoms in total. The molecule has 0 spiro atoms. The van der Waals surface area contributed by atoms with Crippen LogP contribution in [-0.2, 0) is 9.59 Å². The first kappa shape index (κ1) is 19.2. The van der Waals surface area contributed by atoms with Crippen LogP contribution in [0.3, 0.4) is 0 Å². The Kier molecular flexibility index (Phi) is 5.35. The quantitative estimate of drug-likeness (QED) is 0.659. The minimum atomic E-state index is -0.252. The molecule has 8 heteroatoms. The molecule has 0 radical (unpaired) electrons. The number of aromatic nitrogens is 2. The molecule has 29 heavy (non-hydrogen) atoms. The number of rotatable bonds is 4. The predicted octanol–water partition coefficient (Wildman–Crippen LogP) is 3.90. The van der Waals surface area contributed by atoms with Gasteiger partial charge in [0.1, 0.15) is 0 Å². The molecule has 0 saturated heterocycles. The van der Waals surface area contributed by atoms with Crippen LogP contribution in [0.1, 0.15) is 18.9 Å². The number of para-hydroxylation sites is 2. The molecule has 4 rings (SSSR count). The lowest BCUT2D eigenvalue weighted by atomic mass is 10.1. The molecule has 1 unspecified atom stereocenters. The van der Waals surface area contributed by atoms with Crippen LogP contribution < -0.4 is 10.2 Å². The van der Waals surface area contributed by atoms with Gasteiger partial charge in [-0.15, -0.1) is 10.2 Å². The fourth-order valence-corrected chi connectivity index (χ4v) is 3.86. The second-order valence-electron chi connectivity index (χ2n) is 6.91. The smallest absolute Gasteiger partial charge is 0.277 e. The van der Waals surface area contributed by atoms with E-state index in [1.165, 1.54) is 11.8 Å². The van der Waals surface area contributed by atoms with E-state index in [9.17, 15) is 9.59 Å². The maximum Gasteiger partial charge on any atom is 0.277 e. The average Bonchev–Trinajstić information content (AvgIpc) is 3.12. The Hall–Kier alpha value is -3.13. The molecule has 0 aliphatic carbocycles. The molecule has 1 aliphatic heterocycles. The normalized spacial score (nSPS) is 16.1. The van der Waals surface area contributed by atoms with Gasteiger partial charge < -0.3 is 14.6 Å². The van der Waals surface area contributed by atoms with Crippen molar-refractivity contribution in [1.82, 2.24) is 10.2 Å². The van der Waals surface area contributed by atoms with Crippen LogP contribution >= 0.6 is 11.8 Å². The van der Waals surface area contributed by atoms with Crippen molar-refractivity contribution >= 4 is 35.0 Å². The van der Waals surface area contributed by atoms with Crippen LogP contribution in [0.4, 0.5) is 11.4 Å². The lowest BCUT2D eigenvalue weighted by Gasteiger charge is -2.27. The molecule has 148 valence electrons. The standard InChI is InChI=1S/C21H20N4O3S/c1-13-7-9-15(10-8-13)20-23-24-21(28-20)29-12-19(27)25-14(2)11-18(26)22-16-5-3-4-6-17(16)25/h3-10,14H,11-12H2,1-2H3,(H,22,26). The van der Waals surface area contributed by atoms with Crippen LogP contribution in [0.25, 0.3) is 11.5 Å². The van der Waals surface area contributed by atoms with Crippen molar-refractivity contribution < 1.29 is 14.0 Å². The highest BCUT2D eigenvalue weighted by atomic mass is 32.2. The topological polar surface area (TPSA) is 88.3 Å². The van der Waals surface area contributed by atoms with Crippen molar-refractivity contribution in [3.63, 3.8) is 0 Å². The van der Waals surface area contributed by atoms with Gasteiger partial charge in [0.25, 0.3) is 5.22 Å². The van der Waals surface area contributed by atoms with E-state index in [1.54, 1.807) is 11.0 Å². The summed E-state index contributed by atoms with van der Waals surface area (Å²) in [5.41, 5.74) is 3.32. The zero-order chi connectivity index (χ0) is 20.4. The van der Waals surface area contributed by atoms with Gasteiger partial charge in [-0.25, -0.2) is 0 Å². The zero-order valence-electron chi connectivity index (χ0n) is 16.1. The number of fused-ring (bicyclic) bond motifs is 1. The minimum absolute atomic E-state index is 0.104. The first-order valence-electron chi connectivity index (χ1n) is 9.25. The summed E-state index contributed by atoms with van der Waals surface area (Å²) < 4.78 is 5.69. The highest BCUT2D eigenvalue weighted by Gasteiger charge is 2.29. The molecule has 2 aromatic carbocycles. The molecule has 0 fully saturated rings. The van der Waals surface area contributed by atoms with E-state index in [1.807, 2.05) is 56.3 Å². The third-order valence-electron chi connectivity index (χ3n) is 4.65. The second-order valence-corrected chi connectivity index (χ2v) is 7.84. The highest BCUT2D eigenvalue weighted by molar-refractivity contribution is 7.99. The van der Waals surface area contributed by atoms with Crippen molar-refractivity contribution in [3.05, 3.63) is 54.1 Å². The van der Waals surface area contributed by atoms with Gasteiger partial charge in [-0.05, 0) is 38.1 Å². The maximum atomic E-state index is 13.0. The molecule has 0 saturated carbocycles. The molecular weight excluding hydrogens is 388 g/mol. The summed E-state index contributed by atoms with van der Waals surface area (Å²) in [5, 5.41) is 11.3. The number of anilines is 2. The van der Waals surface area contributed by atoms with E-state index >= 15 is 0 Å². The summed E-state index contributed by atoms with van der Waals surface area (Å²) in [6.07, 6.45) is 0.239. The van der Waals surface area contributed by atoms with Gasteiger partial charge in [-0.2, -0.15) is 0 Å². The van der Waals surface area contributed by atoms with E-state index < -0.39 is 0 Å². The molecule has 1 aliphatic rings. The molecule has 2 heterocycles. The van der Waals surface area contributed by atoms with Crippen LogP contribution in [0, 0.1) is 6.92 Å². The molecule has 1 atom stereocenters. The largest absolute Gasteiger partial charge is 0.411 e. The Balaban J connectivity index is 1.48. The average molecular weight is 408 g/mol. The third kappa shape index (κ3) is 4.17. The lowest BCUT2D eigenvalue weighted by molar-refractivity contribution is -0.117. The summed E-state index contributed by atoms with van der Waals surface area (Å²) >= 11 is 1.19. The van der Waals surface area contributed by atoms with Gasteiger partial charge in [-0.1, -0.05) is 41.6 Å². The number of amides is 2. The number of hydrogen-bond donors (Lipinski definition) is 1. The fraction of sp³-hybridized carbons (Fsp3) is 0.238. The van der Waals surface area contributed by atoms with Crippen LogP contribution in [-0.4, -0.2) is 33.8 Å². The molecule has 1 N–H and O–H groups in total. The van der Waals surface area contributed by atoms with Gasteiger partial charge >= 0.3 is 0 Å². The summed E-state index contributed by atoms with van der Waals surface area (Å²) in [7, 11) is 0. The summed E-state index contributed by atoms with van der Waals surface area (Å²) in [6.45, 7) is 3.88. The number of nitrogens with zero attached hydrogens (tertiary/aromatic N) is 3. The van der Waals surface area contributed by atoms with E-state index in [0.717, 1.165) is 11.1 Å². The maximum absolute atomic E-state index is 13.0. The highest BCUT2D eigenvalue weighted by Crippen LogP contribution is 2.32. The number of nitrogens with one attached hydrogen (secondary N) is 1.